The van der Waals surface area contributed by atoms with Crippen LogP contribution in [-0.4, -0.2) is 18.5 Å². The maximum absolute atomic E-state index is 10.4. The van der Waals surface area contributed by atoms with Crippen molar-refractivity contribution in [2.75, 3.05) is 6.61 Å². The third kappa shape index (κ3) is 5.76. The van der Waals surface area contributed by atoms with Gasteiger partial charge in [0.25, 0.3) is 0 Å². The van der Waals surface area contributed by atoms with Gasteiger partial charge >= 0.3 is 0 Å². The second-order valence-corrected chi connectivity index (χ2v) is 2.54. The molecule has 0 saturated carbocycles. The van der Waals surface area contributed by atoms with Crippen LogP contribution >= 0.6 is 0 Å². The first kappa shape index (κ1) is 9.63. The average molecular weight is 144 g/mol. The lowest BCUT2D eigenvalue weighted by atomic mass is 10.3. The molecule has 0 aromatic rings. The van der Waals surface area contributed by atoms with Crippen LogP contribution in [0, 0.1) is 0 Å². The summed E-state index contributed by atoms with van der Waals surface area (Å²) in [6.07, 6.45) is 1.85. The number of ketones is 1. The Bertz CT molecular complexity index is 99.4. The van der Waals surface area contributed by atoms with Crippen LogP contribution in [0.2, 0.25) is 0 Å². The quantitative estimate of drug-likeness (QED) is 0.588. The molecular weight excluding hydrogens is 128 g/mol. The highest BCUT2D eigenvalue weighted by Gasteiger charge is 1.98. The summed E-state index contributed by atoms with van der Waals surface area (Å²) in [5, 5.41) is 0. The van der Waals surface area contributed by atoms with E-state index < -0.39 is 0 Å². The van der Waals surface area contributed by atoms with Crippen LogP contribution in [0.1, 0.15) is 33.6 Å². The molecule has 2 heteroatoms. The molecule has 0 heterocycles. The van der Waals surface area contributed by atoms with E-state index in [1.165, 1.54) is 0 Å². The lowest BCUT2D eigenvalue weighted by Gasteiger charge is -2.08. The third-order valence-electron chi connectivity index (χ3n) is 1.43. The van der Waals surface area contributed by atoms with E-state index in [4.69, 9.17) is 4.74 Å². The summed E-state index contributed by atoms with van der Waals surface area (Å²) >= 11 is 0. The molecule has 0 aliphatic heterocycles. The highest BCUT2D eigenvalue weighted by atomic mass is 16.5. The van der Waals surface area contributed by atoms with Crippen molar-refractivity contribution in [1.82, 2.24) is 0 Å². The van der Waals surface area contributed by atoms with Crippen molar-refractivity contribution < 1.29 is 9.53 Å². The summed E-state index contributed by atoms with van der Waals surface area (Å²) in [6.45, 7) is 6.24. The number of Topliss-reactive ketones (excluding diaryl/α,β-unsaturated/α-hetero) is 1. The van der Waals surface area contributed by atoms with Crippen LogP contribution in [0.25, 0.3) is 0 Å². The Morgan fingerprint density at radius 3 is 2.60 bits per heavy atom. The molecule has 0 radical (unpaired) electrons. The summed E-state index contributed by atoms with van der Waals surface area (Å²) in [6, 6.07) is 0. The van der Waals surface area contributed by atoms with E-state index in [2.05, 4.69) is 6.92 Å². The Labute approximate surface area is 62.6 Å². The molecule has 0 aromatic heterocycles. The minimum atomic E-state index is 0.198. The highest BCUT2D eigenvalue weighted by molar-refractivity contribution is 5.75. The first-order chi connectivity index (χ1) is 4.66. The SMILES string of the molecule is CCC(C)OCCC(C)=O. The van der Waals surface area contributed by atoms with Crippen LogP contribution in [0.15, 0.2) is 0 Å². The second kappa shape index (κ2) is 5.42. The summed E-state index contributed by atoms with van der Waals surface area (Å²) in [7, 11) is 0. The molecule has 0 N–H and O–H groups in total. The van der Waals surface area contributed by atoms with Crippen molar-refractivity contribution in [2.45, 2.75) is 39.7 Å². The Hall–Kier alpha value is -0.370. The number of ether oxygens (including phenoxy) is 1. The first-order valence-corrected chi connectivity index (χ1v) is 3.77. The summed E-state index contributed by atoms with van der Waals surface area (Å²) < 4.78 is 5.28. The summed E-state index contributed by atoms with van der Waals surface area (Å²) in [5.74, 6) is 0.198. The largest absolute Gasteiger partial charge is 0.378 e. The predicted molar refractivity (Wildman–Crippen MR) is 41.0 cm³/mol. The fraction of sp³-hybridized carbons (Fsp3) is 0.875. The normalized spacial score (nSPS) is 13.1. The number of hydrogen-bond acceptors (Lipinski definition) is 2. The van der Waals surface area contributed by atoms with E-state index in [-0.39, 0.29) is 5.78 Å². The Balaban J connectivity index is 3.11. The Morgan fingerprint density at radius 1 is 1.60 bits per heavy atom. The van der Waals surface area contributed by atoms with Crippen molar-refractivity contribution in [1.29, 1.82) is 0 Å². The van der Waals surface area contributed by atoms with Gasteiger partial charge in [0.1, 0.15) is 5.78 Å². The monoisotopic (exact) mass is 144 g/mol. The number of hydrogen-bond donors (Lipinski definition) is 0. The molecule has 0 aliphatic rings. The molecule has 60 valence electrons. The van der Waals surface area contributed by atoms with Crippen molar-refractivity contribution in [3.8, 4) is 0 Å². The fourth-order valence-corrected chi connectivity index (χ4v) is 0.522. The standard InChI is InChI=1S/C8H16O2/c1-4-8(3)10-6-5-7(2)9/h8H,4-6H2,1-3H3. The van der Waals surface area contributed by atoms with Gasteiger partial charge in [-0.1, -0.05) is 6.92 Å². The van der Waals surface area contributed by atoms with E-state index >= 15 is 0 Å². The molecule has 0 rings (SSSR count). The lowest BCUT2D eigenvalue weighted by Crippen LogP contribution is -2.09. The molecule has 0 aromatic carbocycles. The average Bonchev–Trinajstić information content (AvgIpc) is 1.87. The second-order valence-electron chi connectivity index (χ2n) is 2.54. The van der Waals surface area contributed by atoms with E-state index in [9.17, 15) is 4.79 Å². The Kier molecular flexibility index (Phi) is 5.22. The molecule has 0 amide bonds. The summed E-state index contributed by atoms with van der Waals surface area (Å²) in [5.41, 5.74) is 0. The van der Waals surface area contributed by atoms with Gasteiger partial charge in [0.2, 0.25) is 0 Å². The maximum Gasteiger partial charge on any atom is 0.132 e. The van der Waals surface area contributed by atoms with Gasteiger partial charge in [-0.05, 0) is 20.3 Å². The molecule has 10 heavy (non-hydrogen) atoms. The molecule has 1 unspecified atom stereocenters. The van der Waals surface area contributed by atoms with Gasteiger partial charge in [0.15, 0.2) is 0 Å². The third-order valence-corrected chi connectivity index (χ3v) is 1.43. The molecule has 2 nitrogen and oxygen atoms in total. The zero-order valence-electron chi connectivity index (χ0n) is 7.02. The van der Waals surface area contributed by atoms with Crippen LogP contribution in [0.4, 0.5) is 0 Å². The lowest BCUT2D eigenvalue weighted by molar-refractivity contribution is -0.118. The highest BCUT2D eigenvalue weighted by Crippen LogP contribution is 1.96. The minimum Gasteiger partial charge on any atom is -0.378 e. The maximum atomic E-state index is 10.4. The molecule has 0 bridgehead atoms. The number of carbonyl (C=O) groups excluding carboxylic acids is 1. The van der Waals surface area contributed by atoms with Crippen molar-refractivity contribution in [3.63, 3.8) is 0 Å². The van der Waals surface area contributed by atoms with Crippen LogP contribution in [0.5, 0.6) is 0 Å². The molecule has 0 aliphatic carbocycles. The van der Waals surface area contributed by atoms with Crippen LogP contribution in [0.3, 0.4) is 0 Å². The zero-order chi connectivity index (χ0) is 7.98. The van der Waals surface area contributed by atoms with Gasteiger partial charge in [0.05, 0.1) is 12.7 Å². The predicted octanol–water partition coefficient (Wildman–Crippen LogP) is 1.78. The van der Waals surface area contributed by atoms with Crippen molar-refractivity contribution >= 4 is 5.78 Å². The van der Waals surface area contributed by atoms with Gasteiger partial charge in [-0.25, -0.2) is 0 Å². The fourth-order valence-electron chi connectivity index (χ4n) is 0.522. The van der Waals surface area contributed by atoms with E-state index in [0.717, 1.165) is 6.42 Å². The van der Waals surface area contributed by atoms with E-state index in [0.29, 0.717) is 19.1 Å². The topological polar surface area (TPSA) is 26.3 Å². The van der Waals surface area contributed by atoms with Gasteiger partial charge in [-0.2, -0.15) is 0 Å². The molecule has 0 spiro atoms. The van der Waals surface area contributed by atoms with Gasteiger partial charge in [0, 0.05) is 6.42 Å². The van der Waals surface area contributed by atoms with Crippen molar-refractivity contribution in [3.05, 3.63) is 0 Å². The summed E-state index contributed by atoms with van der Waals surface area (Å²) in [4.78, 5) is 10.4. The molecule has 0 saturated heterocycles. The van der Waals surface area contributed by atoms with Crippen molar-refractivity contribution in [2.24, 2.45) is 0 Å². The van der Waals surface area contributed by atoms with Crippen LogP contribution < -0.4 is 0 Å². The van der Waals surface area contributed by atoms with Crippen LogP contribution in [-0.2, 0) is 9.53 Å². The van der Waals surface area contributed by atoms with Gasteiger partial charge in [-0.15, -0.1) is 0 Å². The molecular formula is C8H16O2. The molecule has 1 atom stereocenters. The smallest absolute Gasteiger partial charge is 0.132 e. The minimum absolute atomic E-state index is 0.198. The van der Waals surface area contributed by atoms with Gasteiger partial charge < -0.3 is 4.74 Å². The number of carbonyl (C=O) groups is 1. The zero-order valence-corrected chi connectivity index (χ0v) is 7.02. The van der Waals surface area contributed by atoms with E-state index in [1.807, 2.05) is 6.92 Å². The van der Waals surface area contributed by atoms with Gasteiger partial charge in [-0.3, -0.25) is 4.79 Å². The molecule has 0 fully saturated rings. The van der Waals surface area contributed by atoms with E-state index in [1.54, 1.807) is 6.92 Å². The Morgan fingerprint density at radius 2 is 2.20 bits per heavy atom. The first-order valence-electron chi connectivity index (χ1n) is 3.77. The number of rotatable bonds is 5.